The Morgan fingerprint density at radius 1 is 1.08 bits per heavy atom. The van der Waals surface area contributed by atoms with Gasteiger partial charge in [-0.2, -0.15) is 4.98 Å². The van der Waals surface area contributed by atoms with E-state index in [0.717, 1.165) is 43.4 Å². The smallest absolute Gasteiger partial charge is 0.227 e. The molecule has 2 aromatic heterocycles. The van der Waals surface area contributed by atoms with Crippen LogP contribution in [0.5, 0.6) is 0 Å². The molecule has 2 aromatic carbocycles. The molecule has 1 spiro atoms. The minimum absolute atomic E-state index is 0.00664. The molecule has 1 N–H and O–H groups in total. The van der Waals surface area contributed by atoms with E-state index in [2.05, 4.69) is 33.9 Å². The standard InChI is InChI=1S/C29H32Cl2N6OS/c1-18-21-17-32-27(33-26(21)34-37(18)23-11-7-10-22(30)24(23)31)36-14-12-29(13-15-36)16-19-8-5-6-9-20(19)25(29)35-39(38)28(2,3)4/h5-11,17,25,35H,12-16H2,1-4H3/t25-,39?/m1/s1. The SMILES string of the molecule is Cc1c2cnc(N3CCC4(CC3)Cc3ccccc3[C@H]4NS(=O)C(C)(C)C)nc2nn1-c1cccc(Cl)c1Cl. The third-order valence-corrected chi connectivity index (χ3v) is 10.5. The van der Waals surface area contributed by atoms with E-state index in [1.807, 2.05) is 46.0 Å². The van der Waals surface area contributed by atoms with Gasteiger partial charge in [0.2, 0.25) is 5.95 Å². The zero-order valence-corrected chi connectivity index (χ0v) is 24.9. The van der Waals surface area contributed by atoms with Gasteiger partial charge in [-0.1, -0.05) is 53.5 Å². The van der Waals surface area contributed by atoms with Crippen molar-refractivity contribution in [2.24, 2.45) is 5.41 Å². The van der Waals surface area contributed by atoms with Crippen LogP contribution in [0.4, 0.5) is 5.95 Å². The second-order valence-corrected chi connectivity index (χ2v) is 14.4. The molecular formula is C29H32Cl2N6OS. The highest BCUT2D eigenvalue weighted by molar-refractivity contribution is 7.84. The first-order valence-electron chi connectivity index (χ1n) is 13.2. The Hall–Kier alpha value is -2.52. The van der Waals surface area contributed by atoms with Crippen LogP contribution < -0.4 is 9.62 Å². The van der Waals surface area contributed by atoms with E-state index in [0.29, 0.717) is 27.3 Å². The molecule has 2 atom stereocenters. The van der Waals surface area contributed by atoms with Gasteiger partial charge in [0.1, 0.15) is 0 Å². The topological polar surface area (TPSA) is 75.9 Å². The van der Waals surface area contributed by atoms with Crippen molar-refractivity contribution in [1.82, 2.24) is 24.5 Å². The summed E-state index contributed by atoms with van der Waals surface area (Å²) in [6.45, 7) is 9.67. The highest BCUT2D eigenvalue weighted by atomic mass is 35.5. The first kappa shape index (κ1) is 26.7. The van der Waals surface area contributed by atoms with Crippen molar-refractivity contribution < 1.29 is 4.21 Å². The summed E-state index contributed by atoms with van der Waals surface area (Å²) in [6.07, 6.45) is 4.74. The lowest BCUT2D eigenvalue weighted by Gasteiger charge is -2.44. The van der Waals surface area contributed by atoms with E-state index < -0.39 is 11.0 Å². The molecule has 1 unspecified atom stereocenters. The summed E-state index contributed by atoms with van der Waals surface area (Å²) < 4.78 is 18.2. The summed E-state index contributed by atoms with van der Waals surface area (Å²) >= 11 is 12.7. The molecule has 0 bridgehead atoms. The van der Waals surface area contributed by atoms with Gasteiger partial charge in [-0.25, -0.2) is 18.6 Å². The summed E-state index contributed by atoms with van der Waals surface area (Å²) in [7, 11) is -1.16. The average molecular weight is 584 g/mol. The van der Waals surface area contributed by atoms with E-state index in [-0.39, 0.29) is 16.2 Å². The lowest BCUT2D eigenvalue weighted by atomic mass is 9.73. The molecule has 204 valence electrons. The first-order valence-corrected chi connectivity index (χ1v) is 15.2. The van der Waals surface area contributed by atoms with Crippen molar-refractivity contribution in [3.8, 4) is 5.69 Å². The minimum Gasteiger partial charge on any atom is -0.341 e. The summed E-state index contributed by atoms with van der Waals surface area (Å²) in [5.74, 6) is 0.678. The molecule has 39 heavy (non-hydrogen) atoms. The summed E-state index contributed by atoms with van der Waals surface area (Å²) in [5.41, 5.74) is 4.89. The highest BCUT2D eigenvalue weighted by Crippen LogP contribution is 2.52. The maximum atomic E-state index is 13.2. The molecular weight excluding hydrogens is 551 g/mol. The Morgan fingerprint density at radius 2 is 1.82 bits per heavy atom. The predicted molar refractivity (Wildman–Crippen MR) is 159 cm³/mol. The number of hydrogen-bond donors (Lipinski definition) is 1. The molecule has 4 aromatic rings. The molecule has 1 aliphatic carbocycles. The van der Waals surface area contributed by atoms with Crippen LogP contribution in [0.3, 0.4) is 0 Å². The summed E-state index contributed by atoms with van der Waals surface area (Å²) in [5, 5.41) is 6.57. The molecule has 6 rings (SSSR count). The van der Waals surface area contributed by atoms with E-state index in [1.165, 1.54) is 11.1 Å². The quantitative estimate of drug-likeness (QED) is 0.302. The molecule has 0 radical (unpaired) electrons. The number of halogens is 2. The predicted octanol–water partition coefficient (Wildman–Crippen LogP) is 6.37. The number of benzene rings is 2. The van der Waals surface area contributed by atoms with Crippen molar-refractivity contribution >= 4 is 51.2 Å². The monoisotopic (exact) mass is 582 g/mol. The number of nitrogens with zero attached hydrogens (tertiary/aromatic N) is 5. The van der Waals surface area contributed by atoms with Crippen LogP contribution in [0.25, 0.3) is 16.7 Å². The summed E-state index contributed by atoms with van der Waals surface area (Å²) in [4.78, 5) is 11.8. The maximum Gasteiger partial charge on any atom is 0.227 e. The normalized spacial score (nSPS) is 19.5. The van der Waals surface area contributed by atoms with Gasteiger partial charge in [0.15, 0.2) is 5.65 Å². The molecule has 2 aliphatic rings. The van der Waals surface area contributed by atoms with Crippen LogP contribution >= 0.6 is 23.2 Å². The zero-order chi connectivity index (χ0) is 27.5. The Kier molecular flexibility index (Phi) is 6.73. The van der Waals surface area contributed by atoms with Crippen molar-refractivity contribution in [2.75, 3.05) is 18.0 Å². The summed E-state index contributed by atoms with van der Waals surface area (Å²) in [6, 6.07) is 14.2. The molecule has 1 saturated heterocycles. The first-order chi connectivity index (χ1) is 18.6. The fourth-order valence-corrected chi connectivity index (χ4v) is 7.22. The molecule has 1 aliphatic heterocycles. The van der Waals surface area contributed by atoms with Crippen LogP contribution in [0, 0.1) is 12.3 Å². The van der Waals surface area contributed by atoms with E-state index in [9.17, 15) is 4.21 Å². The number of hydrogen-bond acceptors (Lipinski definition) is 5. The zero-order valence-electron chi connectivity index (χ0n) is 22.5. The molecule has 3 heterocycles. The minimum atomic E-state index is -1.16. The number of fused-ring (bicyclic) bond motifs is 2. The van der Waals surface area contributed by atoms with Crippen LogP contribution in [-0.4, -0.2) is 41.8 Å². The van der Waals surface area contributed by atoms with Crippen LogP contribution in [0.15, 0.2) is 48.7 Å². The number of rotatable bonds is 4. The van der Waals surface area contributed by atoms with Crippen LogP contribution in [-0.2, 0) is 17.4 Å². The Labute approximate surface area is 241 Å². The van der Waals surface area contributed by atoms with Gasteiger partial charge >= 0.3 is 0 Å². The molecule has 10 heteroatoms. The van der Waals surface area contributed by atoms with Crippen molar-refractivity contribution in [3.63, 3.8) is 0 Å². The van der Waals surface area contributed by atoms with E-state index in [4.69, 9.17) is 38.3 Å². The van der Waals surface area contributed by atoms with Gasteiger partial charge in [-0.3, -0.25) is 0 Å². The fraction of sp³-hybridized carbons (Fsp3) is 0.414. The van der Waals surface area contributed by atoms with E-state index in [1.54, 1.807) is 10.7 Å². The lowest BCUT2D eigenvalue weighted by Crippen LogP contribution is -2.48. The van der Waals surface area contributed by atoms with Gasteiger partial charge in [-0.05, 0) is 75.6 Å². The van der Waals surface area contributed by atoms with Gasteiger partial charge in [0.25, 0.3) is 0 Å². The maximum absolute atomic E-state index is 13.2. The third-order valence-electron chi connectivity index (χ3n) is 8.16. The average Bonchev–Trinajstić information content (AvgIpc) is 3.39. The highest BCUT2D eigenvalue weighted by Gasteiger charge is 2.49. The van der Waals surface area contributed by atoms with Crippen molar-refractivity contribution in [2.45, 2.75) is 57.7 Å². The number of aryl methyl sites for hydroxylation is 1. The van der Waals surface area contributed by atoms with Crippen molar-refractivity contribution in [1.29, 1.82) is 0 Å². The number of piperidine rings is 1. The van der Waals surface area contributed by atoms with Gasteiger partial charge in [0, 0.05) is 19.3 Å². The molecule has 7 nitrogen and oxygen atoms in total. The van der Waals surface area contributed by atoms with Crippen LogP contribution in [0.2, 0.25) is 10.0 Å². The van der Waals surface area contributed by atoms with Crippen molar-refractivity contribution in [3.05, 3.63) is 75.5 Å². The molecule has 1 fully saturated rings. The van der Waals surface area contributed by atoms with Gasteiger partial charge < -0.3 is 4.90 Å². The second-order valence-electron chi connectivity index (χ2n) is 11.6. The third kappa shape index (κ3) is 4.65. The molecule has 0 amide bonds. The Balaban J connectivity index is 1.26. The van der Waals surface area contributed by atoms with Gasteiger partial charge in [-0.15, -0.1) is 5.10 Å². The number of aromatic nitrogens is 4. The van der Waals surface area contributed by atoms with Crippen LogP contribution in [0.1, 0.15) is 56.5 Å². The Morgan fingerprint density at radius 3 is 2.56 bits per heavy atom. The largest absolute Gasteiger partial charge is 0.341 e. The number of nitrogens with one attached hydrogen (secondary N) is 1. The lowest BCUT2D eigenvalue weighted by molar-refractivity contribution is 0.177. The Bertz CT molecular complexity index is 1590. The van der Waals surface area contributed by atoms with Gasteiger partial charge in [0.05, 0.1) is 48.6 Å². The number of anilines is 1. The second kappa shape index (κ2) is 9.84. The fourth-order valence-electron chi connectivity index (χ4n) is 5.90. The molecule has 0 saturated carbocycles. The van der Waals surface area contributed by atoms with E-state index >= 15 is 0 Å².